The van der Waals surface area contributed by atoms with Crippen LogP contribution < -0.4 is 9.47 Å². The Kier molecular flexibility index (Phi) is 4.72. The van der Waals surface area contributed by atoms with E-state index < -0.39 is 0 Å². The van der Waals surface area contributed by atoms with Crippen LogP contribution in [-0.4, -0.2) is 39.0 Å². The number of benzene rings is 2. The number of nitrogens with zero attached hydrogens (tertiary/aromatic N) is 4. The Labute approximate surface area is 149 Å². The normalized spacial score (nSPS) is 10.9. The standard InChI is InChI=1S/C18H17N5O3/c1-2-6-16-15(5-1)18(21-26-16)25-12-4-3-11-24-14-9-7-13(8-10-14)17-19-22-23-20-17/h1-2,5-10H,3-4,11-12H2,(H,19,20,22,23). The lowest BCUT2D eigenvalue weighted by Crippen LogP contribution is -2.02. The molecule has 2 aromatic carbocycles. The Morgan fingerprint density at radius 2 is 1.73 bits per heavy atom. The van der Waals surface area contributed by atoms with Gasteiger partial charge in [-0.2, -0.15) is 5.21 Å². The van der Waals surface area contributed by atoms with Crippen LogP contribution in [0.1, 0.15) is 12.8 Å². The van der Waals surface area contributed by atoms with Crippen molar-refractivity contribution < 1.29 is 14.0 Å². The Morgan fingerprint density at radius 3 is 2.54 bits per heavy atom. The van der Waals surface area contributed by atoms with E-state index in [-0.39, 0.29) is 0 Å². The van der Waals surface area contributed by atoms with Gasteiger partial charge in [0, 0.05) is 5.56 Å². The third-order valence-corrected chi connectivity index (χ3v) is 3.85. The average Bonchev–Trinajstić information content (AvgIpc) is 3.35. The fraction of sp³-hybridized carbons (Fsp3) is 0.222. The van der Waals surface area contributed by atoms with Crippen molar-refractivity contribution in [1.82, 2.24) is 25.8 Å². The first-order valence-corrected chi connectivity index (χ1v) is 8.34. The minimum Gasteiger partial charge on any atom is -0.494 e. The van der Waals surface area contributed by atoms with Crippen LogP contribution in [0.15, 0.2) is 53.1 Å². The summed E-state index contributed by atoms with van der Waals surface area (Å²) in [6.45, 7) is 1.18. The minimum absolute atomic E-state index is 0.540. The zero-order valence-corrected chi connectivity index (χ0v) is 14.0. The Bertz CT molecular complexity index is 951. The van der Waals surface area contributed by atoms with Crippen LogP contribution >= 0.6 is 0 Å². The molecule has 0 unspecified atom stereocenters. The summed E-state index contributed by atoms with van der Waals surface area (Å²) in [4.78, 5) is 0. The number of unbranched alkanes of at least 4 members (excludes halogenated alkanes) is 1. The number of fused-ring (bicyclic) bond motifs is 1. The molecule has 0 saturated heterocycles. The summed E-state index contributed by atoms with van der Waals surface area (Å²) in [7, 11) is 0. The molecular formula is C18H17N5O3. The van der Waals surface area contributed by atoms with Gasteiger partial charge in [0.1, 0.15) is 5.75 Å². The summed E-state index contributed by atoms with van der Waals surface area (Å²) in [5.41, 5.74) is 1.62. The second kappa shape index (κ2) is 7.64. The predicted octanol–water partition coefficient (Wildman–Crippen LogP) is 3.25. The summed E-state index contributed by atoms with van der Waals surface area (Å²) >= 11 is 0. The summed E-state index contributed by atoms with van der Waals surface area (Å²) in [6.07, 6.45) is 1.74. The number of aromatic nitrogens is 5. The molecule has 0 aliphatic rings. The van der Waals surface area contributed by atoms with E-state index in [1.54, 1.807) is 0 Å². The highest BCUT2D eigenvalue weighted by Crippen LogP contribution is 2.24. The number of tetrazole rings is 1. The van der Waals surface area contributed by atoms with Crippen LogP contribution in [-0.2, 0) is 0 Å². The molecule has 26 heavy (non-hydrogen) atoms. The molecule has 0 aliphatic heterocycles. The number of hydrogen-bond donors (Lipinski definition) is 1. The lowest BCUT2D eigenvalue weighted by atomic mass is 10.2. The van der Waals surface area contributed by atoms with E-state index in [1.807, 2.05) is 48.5 Å². The van der Waals surface area contributed by atoms with Crippen LogP contribution in [0.5, 0.6) is 11.6 Å². The first-order chi connectivity index (χ1) is 12.9. The summed E-state index contributed by atoms with van der Waals surface area (Å²) < 4.78 is 16.6. The summed E-state index contributed by atoms with van der Waals surface area (Å²) in [5, 5.41) is 18.7. The van der Waals surface area contributed by atoms with Gasteiger partial charge in [-0.1, -0.05) is 12.1 Å². The van der Waals surface area contributed by atoms with Crippen molar-refractivity contribution >= 4 is 11.0 Å². The van der Waals surface area contributed by atoms with Crippen molar-refractivity contribution in [1.29, 1.82) is 0 Å². The lowest BCUT2D eigenvalue weighted by Gasteiger charge is -2.07. The zero-order chi connectivity index (χ0) is 17.6. The van der Waals surface area contributed by atoms with Gasteiger partial charge in [-0.15, -0.1) is 10.2 Å². The van der Waals surface area contributed by atoms with E-state index in [9.17, 15) is 0 Å². The number of H-pyrrole nitrogens is 1. The molecule has 8 nitrogen and oxygen atoms in total. The minimum atomic E-state index is 0.540. The largest absolute Gasteiger partial charge is 0.494 e. The average molecular weight is 351 g/mol. The van der Waals surface area contributed by atoms with Crippen molar-refractivity contribution in [2.45, 2.75) is 12.8 Å². The smallest absolute Gasteiger partial charge is 0.262 e. The van der Waals surface area contributed by atoms with Crippen molar-refractivity contribution in [2.75, 3.05) is 13.2 Å². The van der Waals surface area contributed by atoms with E-state index in [4.69, 9.17) is 14.0 Å². The first-order valence-electron chi connectivity index (χ1n) is 8.34. The van der Waals surface area contributed by atoms with E-state index in [1.165, 1.54) is 0 Å². The van der Waals surface area contributed by atoms with E-state index in [0.29, 0.717) is 24.9 Å². The third kappa shape index (κ3) is 3.64. The highest BCUT2D eigenvalue weighted by atomic mass is 16.5. The van der Waals surface area contributed by atoms with Gasteiger partial charge in [0.2, 0.25) is 5.82 Å². The zero-order valence-electron chi connectivity index (χ0n) is 14.0. The van der Waals surface area contributed by atoms with Crippen LogP contribution in [0.2, 0.25) is 0 Å². The van der Waals surface area contributed by atoms with Crippen LogP contribution in [0.4, 0.5) is 0 Å². The van der Waals surface area contributed by atoms with Crippen LogP contribution in [0.25, 0.3) is 22.4 Å². The maximum Gasteiger partial charge on any atom is 0.262 e. The molecule has 4 rings (SSSR count). The number of aromatic amines is 1. The molecule has 2 aromatic heterocycles. The molecule has 0 spiro atoms. The molecular weight excluding hydrogens is 334 g/mol. The van der Waals surface area contributed by atoms with Gasteiger partial charge in [-0.05, 0) is 59.6 Å². The van der Waals surface area contributed by atoms with Crippen molar-refractivity contribution in [3.63, 3.8) is 0 Å². The number of hydrogen-bond acceptors (Lipinski definition) is 7. The molecule has 8 heteroatoms. The van der Waals surface area contributed by atoms with Crippen LogP contribution in [0.3, 0.4) is 0 Å². The molecule has 4 aromatic rings. The van der Waals surface area contributed by atoms with E-state index in [0.717, 1.165) is 35.1 Å². The van der Waals surface area contributed by atoms with Gasteiger partial charge in [-0.25, -0.2) is 0 Å². The molecule has 1 N–H and O–H groups in total. The monoisotopic (exact) mass is 351 g/mol. The topological polar surface area (TPSA) is 99.0 Å². The molecule has 132 valence electrons. The second-order valence-electron chi connectivity index (χ2n) is 5.65. The van der Waals surface area contributed by atoms with Gasteiger partial charge in [0.05, 0.1) is 18.6 Å². The van der Waals surface area contributed by atoms with Crippen molar-refractivity contribution in [3.05, 3.63) is 48.5 Å². The molecule has 0 saturated carbocycles. The Morgan fingerprint density at radius 1 is 0.923 bits per heavy atom. The third-order valence-electron chi connectivity index (χ3n) is 3.85. The van der Waals surface area contributed by atoms with Gasteiger partial charge in [-0.3, -0.25) is 0 Å². The molecule has 0 radical (unpaired) electrons. The molecule has 0 fully saturated rings. The van der Waals surface area contributed by atoms with Gasteiger partial charge in [0.15, 0.2) is 5.58 Å². The van der Waals surface area contributed by atoms with Gasteiger partial charge >= 0.3 is 0 Å². The fourth-order valence-corrected chi connectivity index (χ4v) is 2.51. The Hall–Kier alpha value is -3.42. The second-order valence-corrected chi connectivity index (χ2v) is 5.65. The van der Waals surface area contributed by atoms with Crippen molar-refractivity contribution in [3.8, 4) is 23.0 Å². The van der Waals surface area contributed by atoms with Gasteiger partial charge < -0.3 is 14.0 Å². The van der Waals surface area contributed by atoms with Crippen LogP contribution in [0, 0.1) is 0 Å². The number of rotatable bonds is 8. The molecule has 2 heterocycles. The highest BCUT2D eigenvalue weighted by Gasteiger charge is 2.07. The van der Waals surface area contributed by atoms with Crippen molar-refractivity contribution in [2.24, 2.45) is 0 Å². The van der Waals surface area contributed by atoms with E-state index >= 15 is 0 Å². The molecule has 0 aliphatic carbocycles. The lowest BCUT2D eigenvalue weighted by molar-refractivity contribution is 0.252. The number of ether oxygens (including phenoxy) is 2. The quantitative estimate of drug-likeness (QED) is 0.486. The number of para-hydroxylation sites is 1. The SMILES string of the molecule is c1ccc2c(OCCCCOc3ccc(-c4nn[nH]n4)cc3)noc2c1. The maximum atomic E-state index is 5.73. The number of nitrogens with one attached hydrogen (secondary N) is 1. The van der Waals surface area contributed by atoms with E-state index in [2.05, 4.69) is 25.8 Å². The fourth-order valence-electron chi connectivity index (χ4n) is 2.51. The Balaban J connectivity index is 1.18. The molecule has 0 bridgehead atoms. The van der Waals surface area contributed by atoms with Gasteiger partial charge in [0.25, 0.3) is 5.88 Å². The summed E-state index contributed by atoms with van der Waals surface area (Å²) in [5.74, 6) is 1.91. The first kappa shape index (κ1) is 16.1. The maximum absolute atomic E-state index is 5.73. The summed E-state index contributed by atoms with van der Waals surface area (Å²) in [6, 6.07) is 15.2. The molecule has 0 atom stereocenters. The molecule has 0 amide bonds. The highest BCUT2D eigenvalue weighted by molar-refractivity contribution is 5.81. The predicted molar refractivity (Wildman–Crippen MR) is 93.8 cm³/mol.